The second-order valence-electron chi connectivity index (χ2n) is 12.1. The molecule has 1 aromatic carbocycles. The molecule has 14 heteroatoms. The van der Waals surface area contributed by atoms with Crippen molar-refractivity contribution in [3.05, 3.63) is 52.7 Å². The maximum atomic E-state index is 14.0. The standard InChI is InChI=1S/C30H38BrN3O9S/c1-29(2,3)42-28(38)32-23-11-9-7-5-6-8-10-19-17-30(19,27(37)41-4)33-25(35)24-16-21(18-34(24)26(23)36)43-44(39,40)22-14-12-20(31)13-15-22/h8,10-15,19,21,24H,5-7,9,16-18H2,1-4H3,(H,32,38)(H,33,35)/b10-8-,23-11-/t19?,21?,24?,30-/m1/s1. The van der Waals surface area contributed by atoms with Crippen molar-refractivity contribution in [2.45, 2.75) is 87.5 Å². The number of benzene rings is 1. The lowest BCUT2D eigenvalue weighted by Gasteiger charge is -2.27. The SMILES string of the molecule is COC(=O)[C@@]12CC1/C=C\CCCC/C=C(\NC(=O)OC(C)(C)C)C(=O)N1CC(OS(=O)(=O)c3ccc(Br)cc3)CC1C(=O)N2. The Bertz CT molecular complexity index is 1450. The zero-order valence-electron chi connectivity index (χ0n) is 25.1. The Morgan fingerprint density at radius 3 is 2.45 bits per heavy atom. The summed E-state index contributed by atoms with van der Waals surface area (Å²) >= 11 is 3.27. The van der Waals surface area contributed by atoms with Crippen molar-refractivity contribution in [1.29, 1.82) is 0 Å². The summed E-state index contributed by atoms with van der Waals surface area (Å²) in [5.41, 5.74) is -2.24. The van der Waals surface area contributed by atoms with Crippen molar-refractivity contribution >= 4 is 49.9 Å². The van der Waals surface area contributed by atoms with Crippen LogP contribution in [0.15, 0.2) is 57.6 Å². The summed E-state index contributed by atoms with van der Waals surface area (Å²) in [6, 6.07) is 4.64. The predicted octanol–water partition coefficient (Wildman–Crippen LogP) is 3.71. The smallest absolute Gasteiger partial charge is 0.412 e. The minimum Gasteiger partial charge on any atom is -0.467 e. The third kappa shape index (κ3) is 8.07. The van der Waals surface area contributed by atoms with Gasteiger partial charge in [-0.05, 0) is 77.1 Å². The van der Waals surface area contributed by atoms with Crippen molar-refractivity contribution in [2.24, 2.45) is 5.92 Å². The minimum absolute atomic E-state index is 0.0923. The lowest BCUT2D eigenvalue weighted by Crippen LogP contribution is -2.54. The van der Waals surface area contributed by atoms with Gasteiger partial charge in [0.15, 0.2) is 0 Å². The molecule has 1 saturated carbocycles. The van der Waals surface area contributed by atoms with Crippen LogP contribution in [0.3, 0.4) is 0 Å². The second-order valence-corrected chi connectivity index (χ2v) is 14.5. The highest BCUT2D eigenvalue weighted by molar-refractivity contribution is 9.10. The predicted molar refractivity (Wildman–Crippen MR) is 162 cm³/mol. The van der Waals surface area contributed by atoms with Crippen LogP contribution < -0.4 is 10.6 Å². The Labute approximate surface area is 265 Å². The van der Waals surface area contributed by atoms with Crippen LogP contribution in [0.2, 0.25) is 0 Å². The molecule has 0 spiro atoms. The number of alkyl carbamates (subject to hydrolysis) is 1. The van der Waals surface area contributed by atoms with E-state index >= 15 is 0 Å². The monoisotopic (exact) mass is 695 g/mol. The molecule has 1 aromatic rings. The summed E-state index contributed by atoms with van der Waals surface area (Å²) in [4.78, 5) is 54.4. The number of halogens is 1. The lowest BCUT2D eigenvalue weighted by atomic mass is 10.1. The maximum Gasteiger partial charge on any atom is 0.412 e. The van der Waals surface area contributed by atoms with Gasteiger partial charge in [0.05, 0.1) is 18.1 Å². The molecule has 0 radical (unpaired) electrons. The zero-order valence-corrected chi connectivity index (χ0v) is 27.5. The number of carbonyl (C=O) groups excluding carboxylic acids is 4. The van der Waals surface area contributed by atoms with Crippen LogP contribution in [0.5, 0.6) is 0 Å². The van der Waals surface area contributed by atoms with Crippen LogP contribution in [0.1, 0.15) is 59.3 Å². The molecular weight excluding hydrogens is 658 g/mol. The summed E-state index contributed by atoms with van der Waals surface area (Å²) in [6.45, 7) is 4.78. The fourth-order valence-electron chi connectivity index (χ4n) is 5.28. The number of carbonyl (C=O) groups is 4. The van der Waals surface area contributed by atoms with E-state index < -0.39 is 57.3 Å². The molecule has 4 atom stereocenters. The van der Waals surface area contributed by atoms with Crippen LogP contribution in [0, 0.1) is 5.92 Å². The third-order valence-corrected chi connectivity index (χ3v) is 9.41. The highest BCUT2D eigenvalue weighted by Crippen LogP contribution is 2.46. The van der Waals surface area contributed by atoms with Crippen LogP contribution in [-0.2, 0) is 38.2 Å². The molecule has 2 heterocycles. The van der Waals surface area contributed by atoms with Gasteiger partial charge in [0.25, 0.3) is 16.0 Å². The van der Waals surface area contributed by atoms with E-state index in [4.69, 9.17) is 13.7 Å². The Morgan fingerprint density at radius 2 is 1.80 bits per heavy atom. The fourth-order valence-corrected chi connectivity index (χ4v) is 6.63. The minimum atomic E-state index is -4.26. The van der Waals surface area contributed by atoms with E-state index in [1.807, 2.05) is 12.2 Å². The number of amides is 3. The topological polar surface area (TPSA) is 157 Å². The molecule has 0 bridgehead atoms. The first-order chi connectivity index (χ1) is 20.6. The van der Waals surface area contributed by atoms with Gasteiger partial charge in [-0.25, -0.2) is 9.59 Å². The van der Waals surface area contributed by atoms with Gasteiger partial charge in [-0.3, -0.25) is 19.1 Å². The van der Waals surface area contributed by atoms with Crippen molar-refractivity contribution < 1.29 is 41.3 Å². The number of ether oxygens (including phenoxy) is 2. The molecule has 0 aromatic heterocycles. The first-order valence-corrected chi connectivity index (χ1v) is 16.6. The zero-order chi connectivity index (χ0) is 32.3. The molecule has 1 saturated heterocycles. The molecular formula is C30H38BrN3O9S. The van der Waals surface area contributed by atoms with Crippen molar-refractivity contribution in [3.63, 3.8) is 0 Å². The average molecular weight is 697 g/mol. The first-order valence-electron chi connectivity index (χ1n) is 14.4. The Balaban J connectivity index is 1.66. The quantitative estimate of drug-likeness (QED) is 0.266. The van der Waals surface area contributed by atoms with Crippen LogP contribution in [-0.4, -0.2) is 74.1 Å². The molecule has 12 nitrogen and oxygen atoms in total. The van der Waals surface area contributed by atoms with Crippen LogP contribution >= 0.6 is 15.9 Å². The molecule has 3 aliphatic rings. The molecule has 2 fully saturated rings. The average Bonchev–Trinajstić information content (AvgIpc) is 3.47. The Morgan fingerprint density at radius 1 is 1.11 bits per heavy atom. The lowest BCUT2D eigenvalue weighted by molar-refractivity contribution is -0.147. The summed E-state index contributed by atoms with van der Waals surface area (Å²) in [5, 5.41) is 5.30. The molecule has 3 unspecified atom stereocenters. The van der Waals surface area contributed by atoms with Crippen molar-refractivity contribution in [1.82, 2.24) is 15.5 Å². The van der Waals surface area contributed by atoms with Crippen molar-refractivity contribution in [3.8, 4) is 0 Å². The second kappa shape index (κ2) is 13.4. The number of methoxy groups -OCH3 is 1. The number of hydrogen-bond acceptors (Lipinski definition) is 9. The van der Waals surface area contributed by atoms with E-state index in [0.29, 0.717) is 23.7 Å². The van der Waals surface area contributed by atoms with Crippen LogP contribution in [0.25, 0.3) is 0 Å². The molecule has 240 valence electrons. The van der Waals surface area contributed by atoms with E-state index in [2.05, 4.69) is 26.6 Å². The molecule has 2 N–H and O–H groups in total. The fraction of sp³-hybridized carbons (Fsp3) is 0.533. The van der Waals surface area contributed by atoms with Gasteiger partial charge in [-0.2, -0.15) is 8.42 Å². The molecule has 2 aliphatic heterocycles. The Kier molecular flexibility index (Phi) is 10.3. The van der Waals surface area contributed by atoms with Gasteiger partial charge >= 0.3 is 12.1 Å². The highest BCUT2D eigenvalue weighted by Gasteiger charge is 2.62. The molecule has 1 aliphatic carbocycles. The normalized spacial score (nSPS) is 28.2. The van der Waals surface area contributed by atoms with Gasteiger partial charge in [-0.1, -0.05) is 34.2 Å². The number of rotatable bonds is 5. The van der Waals surface area contributed by atoms with E-state index in [-0.39, 0.29) is 29.5 Å². The van der Waals surface area contributed by atoms with E-state index in [1.54, 1.807) is 39.0 Å². The Hall–Kier alpha value is -3.23. The highest BCUT2D eigenvalue weighted by atomic mass is 79.9. The largest absolute Gasteiger partial charge is 0.467 e. The van der Waals surface area contributed by atoms with Crippen molar-refractivity contribution in [2.75, 3.05) is 13.7 Å². The van der Waals surface area contributed by atoms with Gasteiger partial charge in [0, 0.05) is 23.4 Å². The number of hydrogen-bond donors (Lipinski definition) is 2. The summed E-state index contributed by atoms with van der Waals surface area (Å²) in [5.74, 6) is -2.28. The summed E-state index contributed by atoms with van der Waals surface area (Å²) in [7, 11) is -3.02. The van der Waals surface area contributed by atoms with E-state index in [0.717, 1.165) is 17.7 Å². The van der Waals surface area contributed by atoms with E-state index in [1.165, 1.54) is 19.2 Å². The van der Waals surface area contributed by atoms with Gasteiger partial charge in [0.1, 0.15) is 22.9 Å². The van der Waals surface area contributed by atoms with Crippen LogP contribution in [0.4, 0.5) is 4.79 Å². The number of fused-ring (bicyclic) bond motifs is 2. The van der Waals surface area contributed by atoms with E-state index in [9.17, 15) is 27.6 Å². The number of nitrogens with one attached hydrogen (secondary N) is 2. The number of nitrogens with zero attached hydrogens (tertiary/aromatic N) is 1. The third-order valence-electron chi connectivity index (χ3n) is 7.51. The number of allylic oxidation sites excluding steroid dienone is 2. The van der Waals surface area contributed by atoms with Gasteiger partial charge in [-0.15, -0.1) is 0 Å². The molecule has 4 rings (SSSR count). The molecule has 44 heavy (non-hydrogen) atoms. The number of esters is 1. The molecule has 3 amide bonds. The maximum absolute atomic E-state index is 14.0. The summed E-state index contributed by atoms with van der Waals surface area (Å²) < 4.78 is 42.8. The van der Waals surface area contributed by atoms with Gasteiger partial charge in [0.2, 0.25) is 5.91 Å². The summed E-state index contributed by atoms with van der Waals surface area (Å²) in [6.07, 6.45) is 6.26. The first kappa shape index (κ1) is 33.7. The van der Waals surface area contributed by atoms with Gasteiger partial charge < -0.3 is 19.7 Å².